The van der Waals surface area contributed by atoms with Gasteiger partial charge in [-0.15, -0.1) is 0 Å². The van der Waals surface area contributed by atoms with Gasteiger partial charge in [0.05, 0.1) is 6.61 Å². The highest BCUT2D eigenvalue weighted by molar-refractivity contribution is 6.04. The van der Waals surface area contributed by atoms with Crippen molar-refractivity contribution < 1.29 is 14.3 Å². The molecule has 2 N–H and O–H groups in total. The van der Waals surface area contributed by atoms with E-state index in [4.69, 9.17) is 14.9 Å². The fourth-order valence-electron chi connectivity index (χ4n) is 2.01. The van der Waals surface area contributed by atoms with E-state index in [9.17, 15) is 4.79 Å². The molecule has 0 spiro atoms. The zero-order chi connectivity index (χ0) is 17.2. The van der Waals surface area contributed by atoms with Crippen molar-refractivity contribution in [3.05, 3.63) is 60.2 Å². The van der Waals surface area contributed by atoms with Crippen molar-refractivity contribution in [3.8, 4) is 11.5 Å². The molecular weight excluding hydrogens is 304 g/mol. The van der Waals surface area contributed by atoms with Gasteiger partial charge in [0.25, 0.3) is 0 Å². The molecule has 0 aliphatic rings. The minimum atomic E-state index is -0.704. The smallest absolute Gasteiger partial charge is 0.418 e. The van der Waals surface area contributed by atoms with Crippen molar-refractivity contribution in [1.82, 2.24) is 5.32 Å². The maximum absolute atomic E-state index is 11.8. The van der Waals surface area contributed by atoms with Crippen molar-refractivity contribution in [3.63, 3.8) is 0 Å². The first-order chi connectivity index (χ1) is 11.7. The first-order valence-electron chi connectivity index (χ1n) is 7.96. The van der Waals surface area contributed by atoms with Crippen LogP contribution in [0.15, 0.2) is 48.5 Å². The second-order valence-electron chi connectivity index (χ2n) is 5.21. The van der Waals surface area contributed by atoms with Crippen molar-refractivity contribution in [2.45, 2.75) is 26.2 Å². The van der Waals surface area contributed by atoms with Crippen LogP contribution in [0.2, 0.25) is 0 Å². The van der Waals surface area contributed by atoms with E-state index in [-0.39, 0.29) is 5.84 Å². The topological polar surface area (TPSA) is 71.4 Å². The summed E-state index contributed by atoms with van der Waals surface area (Å²) in [4.78, 5) is 11.8. The Balaban J connectivity index is 1.80. The summed E-state index contributed by atoms with van der Waals surface area (Å²) in [7, 11) is 0. The minimum absolute atomic E-state index is 0.0233. The van der Waals surface area contributed by atoms with Crippen LogP contribution in [0.25, 0.3) is 0 Å². The highest BCUT2D eigenvalue weighted by Crippen LogP contribution is 2.18. The molecule has 0 unspecified atom stereocenters. The third-order valence-corrected chi connectivity index (χ3v) is 3.28. The van der Waals surface area contributed by atoms with Gasteiger partial charge in [-0.05, 0) is 36.8 Å². The van der Waals surface area contributed by atoms with Crippen molar-refractivity contribution in [2.24, 2.45) is 0 Å². The molecule has 0 atom stereocenters. The lowest BCUT2D eigenvalue weighted by atomic mass is 10.2. The van der Waals surface area contributed by atoms with Gasteiger partial charge in [0.15, 0.2) is 0 Å². The Bertz CT molecular complexity index is 654. The van der Waals surface area contributed by atoms with Crippen molar-refractivity contribution in [1.29, 1.82) is 5.41 Å². The predicted molar refractivity (Wildman–Crippen MR) is 92.7 cm³/mol. The average molecular weight is 325 g/mol. The number of nitrogens with one attached hydrogen (secondary N) is 2. The van der Waals surface area contributed by atoms with E-state index in [0.29, 0.717) is 17.9 Å². The molecule has 1 radical (unpaired) electrons. The van der Waals surface area contributed by atoms with Crippen molar-refractivity contribution in [2.75, 3.05) is 6.61 Å². The van der Waals surface area contributed by atoms with E-state index < -0.39 is 6.09 Å². The Hall–Kier alpha value is -2.82. The lowest BCUT2D eigenvalue weighted by molar-refractivity contribution is 0.206. The first-order valence-corrected chi connectivity index (χ1v) is 7.96. The van der Waals surface area contributed by atoms with Gasteiger partial charge in [-0.3, -0.25) is 10.7 Å². The highest BCUT2D eigenvalue weighted by Gasteiger charge is 2.08. The lowest BCUT2D eigenvalue weighted by Gasteiger charge is -2.09. The van der Waals surface area contributed by atoms with Crippen LogP contribution in [-0.4, -0.2) is 18.5 Å². The predicted octanol–water partition coefficient (Wildman–Crippen LogP) is 4.17. The number of hydrogen-bond donors (Lipinski definition) is 2. The monoisotopic (exact) mass is 325 g/mol. The van der Waals surface area contributed by atoms with Gasteiger partial charge in [0, 0.05) is 5.56 Å². The third kappa shape index (κ3) is 5.76. The molecule has 0 fully saturated rings. The van der Waals surface area contributed by atoms with Gasteiger partial charge in [0.1, 0.15) is 17.3 Å². The molecule has 0 saturated heterocycles. The standard InChI is InChI=1S/C19H21N2O3/c1-2-3-7-14-23-16-10-12-17(13-11-16)24-19(22)21-18(20)15-8-5-4-6-9-15/h5-6,8-13H,2-3,7,14H2,1H3,(H2,20,21,22). The van der Waals surface area contributed by atoms with E-state index in [2.05, 4.69) is 18.3 Å². The van der Waals surface area contributed by atoms with Gasteiger partial charge in [-0.2, -0.15) is 0 Å². The molecule has 1 amide bonds. The third-order valence-electron chi connectivity index (χ3n) is 3.28. The Morgan fingerprint density at radius 3 is 2.42 bits per heavy atom. The van der Waals surface area contributed by atoms with Crippen LogP contribution in [0.1, 0.15) is 31.7 Å². The van der Waals surface area contributed by atoms with Gasteiger partial charge in [-0.25, -0.2) is 4.79 Å². The quantitative estimate of drug-likeness (QED) is 0.456. The van der Waals surface area contributed by atoms with Crippen LogP contribution < -0.4 is 14.8 Å². The number of rotatable bonds is 7. The van der Waals surface area contributed by atoms with Crippen LogP contribution in [-0.2, 0) is 0 Å². The molecule has 0 saturated carbocycles. The van der Waals surface area contributed by atoms with Crippen molar-refractivity contribution >= 4 is 11.9 Å². The molecule has 0 aliphatic heterocycles. The molecule has 5 heteroatoms. The second kappa shape index (κ2) is 9.35. The Morgan fingerprint density at radius 1 is 1.08 bits per heavy atom. The average Bonchev–Trinajstić information content (AvgIpc) is 2.61. The zero-order valence-corrected chi connectivity index (χ0v) is 13.7. The maximum atomic E-state index is 11.8. The number of hydrogen-bond acceptors (Lipinski definition) is 4. The number of amides is 1. The summed E-state index contributed by atoms with van der Waals surface area (Å²) in [6, 6.07) is 16.4. The van der Waals surface area contributed by atoms with Gasteiger partial charge >= 0.3 is 6.09 Å². The summed E-state index contributed by atoms with van der Waals surface area (Å²) >= 11 is 0. The molecule has 2 rings (SSSR count). The minimum Gasteiger partial charge on any atom is -0.494 e. The Morgan fingerprint density at radius 2 is 1.75 bits per heavy atom. The van der Waals surface area contributed by atoms with E-state index >= 15 is 0 Å². The molecule has 2 aromatic rings. The molecule has 0 bridgehead atoms. The second-order valence-corrected chi connectivity index (χ2v) is 5.21. The Labute approximate surface area is 142 Å². The molecule has 24 heavy (non-hydrogen) atoms. The van der Waals surface area contributed by atoms with E-state index in [1.807, 2.05) is 0 Å². The van der Waals surface area contributed by atoms with Gasteiger partial charge in [0.2, 0.25) is 0 Å². The van der Waals surface area contributed by atoms with Crippen LogP contribution >= 0.6 is 0 Å². The largest absolute Gasteiger partial charge is 0.494 e. The number of carbonyl (C=O) groups excluding carboxylic acids is 1. The summed E-state index contributed by atoms with van der Waals surface area (Å²) in [5.41, 5.74) is 0.585. The van der Waals surface area contributed by atoms with Gasteiger partial charge in [-0.1, -0.05) is 44.0 Å². The van der Waals surface area contributed by atoms with Crippen LogP contribution in [0.4, 0.5) is 4.79 Å². The summed E-state index contributed by atoms with van der Waals surface area (Å²) in [6.45, 7) is 2.83. The molecular formula is C19H21N2O3. The summed E-state index contributed by atoms with van der Waals surface area (Å²) in [6.07, 6.45) is 2.62. The number of carbonyl (C=O) groups is 1. The van der Waals surface area contributed by atoms with E-state index in [1.54, 1.807) is 48.5 Å². The molecule has 0 heterocycles. The molecule has 0 aromatic heterocycles. The SMILES string of the molecule is CCCCCOc1ccc(OC(=O)NC(=N)c2cc[c]cc2)cc1. The fraction of sp³-hybridized carbons (Fsp3) is 0.263. The first kappa shape index (κ1) is 17.5. The molecule has 2 aromatic carbocycles. The van der Waals surface area contributed by atoms with E-state index in [0.717, 1.165) is 25.0 Å². The highest BCUT2D eigenvalue weighted by atomic mass is 16.6. The number of unbranched alkanes of at least 4 members (excludes halogenated alkanes) is 2. The van der Waals surface area contributed by atoms with Crippen LogP contribution in [0.5, 0.6) is 11.5 Å². The lowest BCUT2D eigenvalue weighted by Crippen LogP contribution is -2.32. The maximum Gasteiger partial charge on any atom is 0.418 e. The van der Waals surface area contributed by atoms with Gasteiger partial charge < -0.3 is 9.47 Å². The Kier molecular flexibility index (Phi) is 6.83. The van der Waals surface area contributed by atoms with Crippen LogP contribution in [0.3, 0.4) is 0 Å². The zero-order valence-electron chi connectivity index (χ0n) is 13.7. The van der Waals surface area contributed by atoms with Crippen LogP contribution in [0, 0.1) is 11.5 Å². The molecule has 5 nitrogen and oxygen atoms in total. The van der Waals surface area contributed by atoms with E-state index in [1.165, 1.54) is 0 Å². The summed E-state index contributed by atoms with van der Waals surface area (Å²) in [5, 5.41) is 10.2. The summed E-state index contributed by atoms with van der Waals surface area (Å²) in [5.74, 6) is 1.11. The number of benzene rings is 2. The molecule has 0 aliphatic carbocycles. The number of amidine groups is 1. The molecule has 125 valence electrons. The fourth-order valence-corrected chi connectivity index (χ4v) is 2.01. The number of ether oxygens (including phenoxy) is 2. The summed E-state index contributed by atoms with van der Waals surface area (Å²) < 4.78 is 10.7. The normalized spacial score (nSPS) is 10.0.